The number of benzene rings is 7. The molecule has 56 heavy (non-hydrogen) atoms. The van der Waals surface area contributed by atoms with Crippen LogP contribution in [0.2, 0.25) is 0 Å². The first kappa shape index (κ1) is 32.1. The Bertz CT molecular complexity index is 3130. The summed E-state index contributed by atoms with van der Waals surface area (Å²) in [6, 6.07) is 66.3. The number of para-hydroxylation sites is 3. The highest BCUT2D eigenvalue weighted by atomic mass is 15.2. The van der Waals surface area contributed by atoms with Crippen molar-refractivity contribution < 1.29 is 0 Å². The first-order valence-corrected chi connectivity index (χ1v) is 19.1. The summed E-state index contributed by atoms with van der Waals surface area (Å²) in [6.07, 6.45) is 5.01. The number of nitrogens with zero attached hydrogens (tertiary/aromatic N) is 5. The van der Waals surface area contributed by atoms with E-state index in [4.69, 9.17) is 15.0 Å². The zero-order valence-corrected chi connectivity index (χ0v) is 30.4. The van der Waals surface area contributed by atoms with E-state index in [0.717, 1.165) is 27.5 Å². The lowest BCUT2D eigenvalue weighted by Crippen LogP contribution is -2.34. The van der Waals surface area contributed by atoms with Gasteiger partial charge in [0.15, 0.2) is 11.6 Å². The van der Waals surface area contributed by atoms with Gasteiger partial charge in [-0.15, -0.1) is 0 Å². The molecule has 0 saturated carbocycles. The highest BCUT2D eigenvalue weighted by molar-refractivity contribution is 6.09. The van der Waals surface area contributed by atoms with Gasteiger partial charge in [0.25, 0.3) is 0 Å². The average molecular weight is 718 g/mol. The van der Waals surface area contributed by atoms with E-state index >= 15 is 0 Å². The fourth-order valence-corrected chi connectivity index (χ4v) is 8.63. The topological polar surface area (TPSA) is 48.5 Å². The first-order valence-electron chi connectivity index (χ1n) is 19.1. The molecule has 3 heterocycles. The summed E-state index contributed by atoms with van der Waals surface area (Å²) in [5.41, 5.74) is 8.92. The van der Waals surface area contributed by atoms with E-state index in [0.29, 0.717) is 17.6 Å². The molecule has 0 saturated heterocycles. The van der Waals surface area contributed by atoms with Crippen LogP contribution in [0.4, 0.5) is 0 Å². The Morgan fingerprint density at radius 2 is 0.893 bits per heavy atom. The summed E-state index contributed by atoms with van der Waals surface area (Å²) in [5, 5.41) is 6.09. The van der Waals surface area contributed by atoms with Gasteiger partial charge < -0.3 is 4.57 Å². The Kier molecular flexibility index (Phi) is 7.56. The summed E-state index contributed by atoms with van der Waals surface area (Å²) in [4.78, 5) is 15.3. The number of hydrogen-bond donors (Lipinski definition) is 0. The highest BCUT2D eigenvalue weighted by Gasteiger charge is 2.27. The van der Waals surface area contributed by atoms with E-state index in [1.807, 2.05) is 36.4 Å². The van der Waals surface area contributed by atoms with Gasteiger partial charge in [0.1, 0.15) is 0 Å². The van der Waals surface area contributed by atoms with Crippen molar-refractivity contribution in [3.05, 3.63) is 210 Å². The summed E-state index contributed by atoms with van der Waals surface area (Å²) in [6.45, 7) is 0. The van der Waals surface area contributed by atoms with Crippen molar-refractivity contribution in [2.24, 2.45) is 0 Å². The second kappa shape index (κ2) is 13.2. The molecule has 0 amide bonds. The minimum atomic E-state index is 0.0954. The Morgan fingerprint density at radius 1 is 0.375 bits per heavy atom. The Balaban J connectivity index is 1.14. The monoisotopic (exact) mass is 717 g/mol. The molecule has 11 rings (SSSR count). The molecule has 2 atom stereocenters. The van der Waals surface area contributed by atoms with Gasteiger partial charge in [-0.25, -0.2) is 4.98 Å². The minimum Gasteiger partial charge on any atom is -0.310 e. The normalized spacial score (nSPS) is 15.1. The van der Waals surface area contributed by atoms with E-state index in [9.17, 15) is 0 Å². The van der Waals surface area contributed by atoms with Gasteiger partial charge in [-0.05, 0) is 47.5 Å². The second-order valence-electron chi connectivity index (χ2n) is 14.4. The van der Waals surface area contributed by atoms with E-state index in [-0.39, 0.29) is 11.8 Å². The molecular formula is C51H35N5. The second-order valence-corrected chi connectivity index (χ2v) is 14.4. The molecule has 7 aromatic carbocycles. The van der Waals surface area contributed by atoms with Crippen molar-refractivity contribution in [1.29, 1.82) is 0 Å². The smallest absolute Gasteiger partial charge is 0.238 e. The van der Waals surface area contributed by atoms with Crippen LogP contribution in [-0.2, 0) is 0 Å². The first-order chi connectivity index (χ1) is 27.8. The van der Waals surface area contributed by atoms with E-state index < -0.39 is 0 Å². The molecule has 5 heteroatoms. The number of aromatic nitrogens is 5. The molecule has 3 aromatic heterocycles. The standard InChI is InChI=1S/C51H35N5/c1-5-17-34(18-6-1)42-33-48-44(40-26-13-15-27-45(40)55(48)38-23-11-4-12-24-38)32-41(42)37-29-30-47-43(31-37)39-25-14-16-28-46(39)56(47)51-53-49(35-19-7-2-8-20-35)52-50(54-51)36-21-9-3-10-22-36/h1-33,41-42H. The third-order valence-electron chi connectivity index (χ3n) is 11.2. The van der Waals surface area contributed by atoms with Crippen LogP contribution < -0.4 is 10.6 Å². The Labute approximate surface area is 323 Å². The van der Waals surface area contributed by atoms with Crippen molar-refractivity contribution in [2.45, 2.75) is 11.8 Å². The predicted octanol–water partition coefficient (Wildman–Crippen LogP) is 10.4. The predicted molar refractivity (Wildman–Crippen MR) is 228 cm³/mol. The van der Waals surface area contributed by atoms with Crippen LogP contribution in [0, 0.1) is 0 Å². The lowest BCUT2D eigenvalue weighted by molar-refractivity contribution is 0.785. The van der Waals surface area contributed by atoms with Gasteiger partial charge in [-0.3, -0.25) is 4.57 Å². The summed E-state index contributed by atoms with van der Waals surface area (Å²) < 4.78 is 4.62. The van der Waals surface area contributed by atoms with Gasteiger partial charge in [0, 0.05) is 50.0 Å². The number of fused-ring (bicyclic) bond motifs is 6. The third kappa shape index (κ3) is 5.28. The van der Waals surface area contributed by atoms with Crippen LogP contribution in [0.1, 0.15) is 23.0 Å². The molecule has 1 aliphatic rings. The maximum Gasteiger partial charge on any atom is 0.238 e. The number of hydrogen-bond acceptors (Lipinski definition) is 3. The molecule has 10 aromatic rings. The molecule has 0 radical (unpaired) electrons. The third-order valence-corrected chi connectivity index (χ3v) is 11.2. The van der Waals surface area contributed by atoms with Crippen LogP contribution in [-0.4, -0.2) is 24.1 Å². The SMILES string of the molecule is C1=c2c(n(-c3ccccc3)c3ccccc23)=CC(c2ccccc2)C1c1ccc2c(c1)c1ccccc1n2-c1nc(-c2ccccc2)nc(-c2ccccc2)n1. The molecule has 0 fully saturated rings. The highest BCUT2D eigenvalue weighted by Crippen LogP contribution is 2.41. The van der Waals surface area contributed by atoms with Gasteiger partial charge in [-0.2, -0.15) is 9.97 Å². The fourth-order valence-electron chi connectivity index (χ4n) is 8.63. The molecule has 1 aliphatic carbocycles. The van der Waals surface area contributed by atoms with Gasteiger partial charge in [0.2, 0.25) is 5.95 Å². The molecule has 0 aliphatic heterocycles. The zero-order valence-electron chi connectivity index (χ0n) is 30.4. The van der Waals surface area contributed by atoms with Crippen molar-refractivity contribution in [3.8, 4) is 34.4 Å². The van der Waals surface area contributed by atoms with E-state index in [1.54, 1.807) is 0 Å². The van der Waals surface area contributed by atoms with Crippen LogP contribution in [0.15, 0.2) is 188 Å². The largest absolute Gasteiger partial charge is 0.310 e. The maximum absolute atomic E-state index is 5.14. The molecule has 0 N–H and O–H groups in total. The molecular weight excluding hydrogens is 683 g/mol. The molecule has 264 valence electrons. The lowest BCUT2D eigenvalue weighted by Gasteiger charge is -2.26. The molecule has 5 nitrogen and oxygen atoms in total. The Morgan fingerprint density at radius 3 is 1.55 bits per heavy atom. The van der Waals surface area contributed by atoms with E-state index in [2.05, 4.69) is 173 Å². The molecule has 2 unspecified atom stereocenters. The van der Waals surface area contributed by atoms with Crippen molar-refractivity contribution >= 4 is 44.9 Å². The van der Waals surface area contributed by atoms with Gasteiger partial charge in [-0.1, -0.05) is 164 Å². The van der Waals surface area contributed by atoms with Gasteiger partial charge in [0.05, 0.1) is 21.9 Å². The zero-order chi connectivity index (χ0) is 37.0. The molecule has 0 spiro atoms. The lowest BCUT2D eigenvalue weighted by atomic mass is 9.78. The van der Waals surface area contributed by atoms with E-state index in [1.165, 1.54) is 43.7 Å². The minimum absolute atomic E-state index is 0.0954. The molecule has 0 bridgehead atoms. The van der Waals surface area contributed by atoms with Crippen molar-refractivity contribution in [1.82, 2.24) is 24.1 Å². The van der Waals surface area contributed by atoms with Crippen LogP contribution in [0.25, 0.3) is 79.3 Å². The van der Waals surface area contributed by atoms with Crippen molar-refractivity contribution in [2.75, 3.05) is 0 Å². The number of rotatable bonds is 6. The summed E-state index contributed by atoms with van der Waals surface area (Å²) in [5.74, 6) is 2.08. The van der Waals surface area contributed by atoms with Crippen molar-refractivity contribution in [3.63, 3.8) is 0 Å². The van der Waals surface area contributed by atoms with Gasteiger partial charge >= 0.3 is 0 Å². The average Bonchev–Trinajstić information content (AvgIpc) is 3.79. The quantitative estimate of drug-likeness (QED) is 0.172. The van der Waals surface area contributed by atoms with Crippen LogP contribution in [0.3, 0.4) is 0 Å². The summed E-state index contributed by atoms with van der Waals surface area (Å²) in [7, 11) is 0. The summed E-state index contributed by atoms with van der Waals surface area (Å²) >= 11 is 0. The van der Waals surface area contributed by atoms with Crippen LogP contribution >= 0.6 is 0 Å². The van der Waals surface area contributed by atoms with Crippen LogP contribution in [0.5, 0.6) is 0 Å². The maximum atomic E-state index is 5.14. The Hall–Kier alpha value is -7.37. The fraction of sp³-hybridized carbons (Fsp3) is 0.0392.